The van der Waals surface area contributed by atoms with Gasteiger partial charge in [-0.2, -0.15) is 0 Å². The molecule has 1 aromatic heterocycles. The molecule has 1 aromatic carbocycles. The summed E-state index contributed by atoms with van der Waals surface area (Å²) in [6.07, 6.45) is 6.67. The molecule has 2 aromatic rings. The van der Waals surface area contributed by atoms with Crippen molar-refractivity contribution in [1.29, 1.82) is 0 Å². The molecule has 0 spiro atoms. The molecule has 1 saturated carbocycles. The second-order valence-corrected chi connectivity index (χ2v) is 7.96. The number of hydrogen-bond donors (Lipinski definition) is 1. The zero-order valence-electron chi connectivity index (χ0n) is 12.5. The molecule has 1 heterocycles. The topological polar surface area (TPSA) is 12.0 Å². The van der Waals surface area contributed by atoms with Gasteiger partial charge >= 0.3 is 0 Å². The van der Waals surface area contributed by atoms with Crippen LogP contribution in [0.3, 0.4) is 0 Å². The van der Waals surface area contributed by atoms with Crippen LogP contribution >= 0.6 is 23.1 Å². The van der Waals surface area contributed by atoms with Crippen LogP contribution in [0, 0.1) is 0 Å². The summed E-state index contributed by atoms with van der Waals surface area (Å²) >= 11 is 3.91. The standard InChI is InChI=1S/C18H23NS2/c1-2-15(17-12-7-13-20-17)19-16-10-5-6-11-18(16)21-14-8-3-4-9-14/h5-7,10-15,19H,2-4,8-9H2,1H3. The fraction of sp³-hybridized carbons (Fsp3) is 0.444. The molecule has 1 aliphatic rings. The van der Waals surface area contributed by atoms with E-state index in [9.17, 15) is 0 Å². The smallest absolute Gasteiger partial charge is 0.0604 e. The van der Waals surface area contributed by atoms with E-state index >= 15 is 0 Å². The van der Waals surface area contributed by atoms with Crippen LogP contribution in [0.2, 0.25) is 0 Å². The number of thioether (sulfide) groups is 1. The summed E-state index contributed by atoms with van der Waals surface area (Å²) in [4.78, 5) is 2.84. The van der Waals surface area contributed by atoms with E-state index in [1.54, 1.807) is 0 Å². The SMILES string of the molecule is CCC(Nc1ccccc1SC1CCCC1)c1cccs1. The van der Waals surface area contributed by atoms with E-state index in [2.05, 4.69) is 65.8 Å². The van der Waals surface area contributed by atoms with Crippen molar-refractivity contribution in [1.82, 2.24) is 0 Å². The minimum Gasteiger partial charge on any atom is -0.377 e. The molecule has 1 N–H and O–H groups in total. The van der Waals surface area contributed by atoms with Gasteiger partial charge in [0, 0.05) is 20.7 Å². The highest BCUT2D eigenvalue weighted by Crippen LogP contribution is 2.39. The molecule has 1 aliphatic carbocycles. The van der Waals surface area contributed by atoms with Crippen molar-refractivity contribution in [2.24, 2.45) is 0 Å². The second-order valence-electron chi connectivity index (χ2n) is 5.64. The number of hydrogen-bond acceptors (Lipinski definition) is 3. The van der Waals surface area contributed by atoms with Gasteiger partial charge in [-0.15, -0.1) is 23.1 Å². The normalized spacial score (nSPS) is 17.0. The Bertz CT molecular complexity index is 544. The maximum Gasteiger partial charge on any atom is 0.0604 e. The van der Waals surface area contributed by atoms with Gasteiger partial charge < -0.3 is 5.32 Å². The van der Waals surface area contributed by atoms with Gasteiger partial charge in [-0.05, 0) is 42.8 Å². The maximum atomic E-state index is 3.76. The van der Waals surface area contributed by atoms with Crippen molar-refractivity contribution in [3.05, 3.63) is 46.7 Å². The molecule has 112 valence electrons. The van der Waals surface area contributed by atoms with Crippen molar-refractivity contribution < 1.29 is 0 Å². The van der Waals surface area contributed by atoms with Crippen LogP contribution in [0.25, 0.3) is 0 Å². The molecule has 0 amide bonds. The summed E-state index contributed by atoms with van der Waals surface area (Å²) < 4.78 is 0. The first-order valence-corrected chi connectivity index (χ1v) is 9.68. The summed E-state index contributed by atoms with van der Waals surface area (Å²) in [5.41, 5.74) is 1.30. The van der Waals surface area contributed by atoms with E-state index in [-0.39, 0.29) is 0 Å². The summed E-state index contributed by atoms with van der Waals surface area (Å²) in [7, 11) is 0. The maximum absolute atomic E-state index is 3.76. The molecule has 1 atom stereocenters. The first-order valence-electron chi connectivity index (χ1n) is 7.92. The fourth-order valence-corrected chi connectivity index (χ4v) is 5.13. The lowest BCUT2D eigenvalue weighted by Gasteiger charge is -2.20. The fourth-order valence-electron chi connectivity index (χ4n) is 2.93. The molecular weight excluding hydrogens is 294 g/mol. The van der Waals surface area contributed by atoms with Crippen molar-refractivity contribution in [3.8, 4) is 0 Å². The third kappa shape index (κ3) is 3.83. The Hall–Kier alpha value is -0.930. The van der Waals surface area contributed by atoms with Crippen molar-refractivity contribution in [2.45, 2.75) is 55.2 Å². The van der Waals surface area contributed by atoms with Gasteiger partial charge in [0.05, 0.1) is 6.04 Å². The number of rotatable bonds is 6. The van der Waals surface area contributed by atoms with Gasteiger partial charge in [-0.25, -0.2) is 0 Å². The quantitative estimate of drug-likeness (QED) is 0.666. The van der Waals surface area contributed by atoms with Crippen molar-refractivity contribution >= 4 is 28.8 Å². The molecule has 1 fully saturated rings. The molecule has 1 unspecified atom stereocenters. The Kier molecular flexibility index (Phi) is 5.26. The number of anilines is 1. The Morgan fingerprint density at radius 1 is 1.19 bits per heavy atom. The van der Waals surface area contributed by atoms with E-state index in [0.29, 0.717) is 6.04 Å². The summed E-state index contributed by atoms with van der Waals surface area (Å²) in [5.74, 6) is 0. The van der Waals surface area contributed by atoms with Gasteiger partial charge in [-0.3, -0.25) is 0 Å². The van der Waals surface area contributed by atoms with Gasteiger partial charge in [0.25, 0.3) is 0 Å². The molecule has 21 heavy (non-hydrogen) atoms. The number of para-hydroxylation sites is 1. The summed E-state index contributed by atoms with van der Waals surface area (Å²) in [6, 6.07) is 13.6. The van der Waals surface area contributed by atoms with Crippen LogP contribution in [-0.4, -0.2) is 5.25 Å². The number of thiophene rings is 1. The zero-order valence-corrected chi connectivity index (χ0v) is 14.2. The lowest BCUT2D eigenvalue weighted by molar-refractivity contribution is 0.761. The lowest BCUT2D eigenvalue weighted by atomic mass is 10.1. The highest BCUT2D eigenvalue weighted by molar-refractivity contribution is 8.00. The molecule has 0 saturated heterocycles. The van der Waals surface area contributed by atoms with Crippen LogP contribution in [0.5, 0.6) is 0 Å². The molecular formula is C18H23NS2. The van der Waals surface area contributed by atoms with Crippen LogP contribution in [-0.2, 0) is 0 Å². The molecule has 0 bridgehead atoms. The third-order valence-electron chi connectivity index (χ3n) is 4.11. The zero-order chi connectivity index (χ0) is 14.5. The highest BCUT2D eigenvalue weighted by Gasteiger charge is 2.18. The van der Waals surface area contributed by atoms with Crippen LogP contribution in [0.4, 0.5) is 5.69 Å². The van der Waals surface area contributed by atoms with E-state index in [1.165, 1.54) is 41.1 Å². The average molecular weight is 318 g/mol. The lowest BCUT2D eigenvalue weighted by Crippen LogP contribution is -2.09. The number of benzene rings is 1. The first-order chi connectivity index (χ1) is 10.4. The van der Waals surface area contributed by atoms with E-state index in [1.807, 2.05) is 11.3 Å². The average Bonchev–Trinajstić information content (AvgIpc) is 3.19. The van der Waals surface area contributed by atoms with E-state index in [0.717, 1.165) is 11.7 Å². The van der Waals surface area contributed by atoms with E-state index < -0.39 is 0 Å². The monoisotopic (exact) mass is 317 g/mol. The van der Waals surface area contributed by atoms with Gasteiger partial charge in [0.15, 0.2) is 0 Å². The predicted molar refractivity (Wildman–Crippen MR) is 95.5 cm³/mol. The van der Waals surface area contributed by atoms with Gasteiger partial charge in [0.1, 0.15) is 0 Å². The molecule has 1 nitrogen and oxygen atoms in total. The minimum atomic E-state index is 0.426. The second kappa shape index (κ2) is 7.37. The molecule has 0 radical (unpaired) electrons. The van der Waals surface area contributed by atoms with E-state index in [4.69, 9.17) is 0 Å². The minimum absolute atomic E-state index is 0.426. The van der Waals surface area contributed by atoms with Crippen molar-refractivity contribution in [3.63, 3.8) is 0 Å². The largest absolute Gasteiger partial charge is 0.377 e. The Morgan fingerprint density at radius 3 is 2.71 bits per heavy atom. The summed E-state index contributed by atoms with van der Waals surface area (Å²) in [5, 5.41) is 6.74. The van der Waals surface area contributed by atoms with Crippen LogP contribution in [0.15, 0.2) is 46.7 Å². The Balaban J connectivity index is 1.74. The third-order valence-corrected chi connectivity index (χ3v) is 6.51. The molecule has 0 aliphatic heterocycles. The Labute approximate surface area is 136 Å². The first kappa shape index (κ1) is 15.0. The van der Waals surface area contributed by atoms with Gasteiger partial charge in [0.2, 0.25) is 0 Å². The van der Waals surface area contributed by atoms with Gasteiger partial charge in [-0.1, -0.05) is 38.0 Å². The number of nitrogens with one attached hydrogen (secondary N) is 1. The predicted octanol–water partition coefficient (Wildman–Crippen LogP) is 6.35. The molecule has 3 heteroatoms. The van der Waals surface area contributed by atoms with Crippen LogP contribution < -0.4 is 5.32 Å². The highest BCUT2D eigenvalue weighted by atomic mass is 32.2. The van der Waals surface area contributed by atoms with Crippen LogP contribution in [0.1, 0.15) is 49.9 Å². The summed E-state index contributed by atoms with van der Waals surface area (Å²) in [6.45, 7) is 2.25. The molecule has 3 rings (SSSR count). The van der Waals surface area contributed by atoms with Crippen molar-refractivity contribution in [2.75, 3.05) is 5.32 Å². The Morgan fingerprint density at radius 2 is 2.00 bits per heavy atom.